The number of aromatic nitrogens is 1. The van der Waals surface area contributed by atoms with E-state index in [9.17, 15) is 34.5 Å². The number of methoxy groups -OCH3 is 1. The van der Waals surface area contributed by atoms with Crippen molar-refractivity contribution in [2.24, 2.45) is 5.92 Å². The lowest BCUT2D eigenvalue weighted by atomic mass is 9.84. The molecule has 5 aromatic carbocycles. The number of phenols is 1. The summed E-state index contributed by atoms with van der Waals surface area (Å²) in [7, 11) is 1.49. The number of aliphatic hydroxyl groups is 2. The maximum absolute atomic E-state index is 14.0. The zero-order valence-corrected chi connectivity index (χ0v) is 38.0. The Labute approximate surface area is 394 Å². The molecule has 6 aromatic rings. The Hall–Kier alpha value is -7.10. The number of ether oxygens (including phenoxy) is 2. The summed E-state index contributed by atoms with van der Waals surface area (Å²) in [6.07, 6.45) is 3.32. The molecule has 2 aliphatic heterocycles. The summed E-state index contributed by atoms with van der Waals surface area (Å²) >= 11 is 0. The molecule has 0 bridgehead atoms. The average molecular weight is 920 g/mol. The molecule has 14 heteroatoms. The zero-order chi connectivity index (χ0) is 47.6. The van der Waals surface area contributed by atoms with Gasteiger partial charge in [-0.05, 0) is 96.4 Å². The van der Waals surface area contributed by atoms with Gasteiger partial charge in [-0.15, -0.1) is 0 Å². The Morgan fingerprint density at radius 3 is 2.35 bits per heavy atom. The number of nitrogens with one attached hydrogen (secondary N) is 3. The number of nitrogens with zero attached hydrogens (tertiary/aromatic N) is 2. The van der Waals surface area contributed by atoms with Gasteiger partial charge in [0.1, 0.15) is 11.5 Å². The van der Waals surface area contributed by atoms with Crippen molar-refractivity contribution >= 4 is 34.3 Å². The second-order valence-corrected chi connectivity index (χ2v) is 17.4. The lowest BCUT2D eigenvalue weighted by molar-refractivity contribution is -0.164. The molecule has 2 aliphatic rings. The fourth-order valence-electron chi connectivity index (χ4n) is 9.04. The van der Waals surface area contributed by atoms with E-state index in [4.69, 9.17) is 9.47 Å². The van der Waals surface area contributed by atoms with Crippen LogP contribution in [0.3, 0.4) is 0 Å². The first-order chi connectivity index (χ1) is 33.0. The monoisotopic (exact) mass is 919 g/mol. The summed E-state index contributed by atoms with van der Waals surface area (Å²) in [4.78, 5) is 59.0. The molecule has 8 rings (SSSR count). The number of carbonyl (C=O) groups excluding carboxylic acids is 3. The molecule has 352 valence electrons. The summed E-state index contributed by atoms with van der Waals surface area (Å²) in [5, 5.41) is 39.9. The minimum Gasteiger partial charge on any atom is -0.506 e. The second-order valence-electron chi connectivity index (χ2n) is 17.4. The van der Waals surface area contributed by atoms with Gasteiger partial charge in [0.25, 0.3) is 5.91 Å². The SMILES string of the molecule is COc1cc(C(=O)NCC(=O)N2CC=C(c3cccc(C(O)(C(=O)OCC4CCN(Cc5ccccc5)CC4)c4ccccc4)c3)CC2)ccc1CNCC(O)c1ccc(O)c2[nH]c(=O)ccc12. The summed E-state index contributed by atoms with van der Waals surface area (Å²) < 4.78 is 11.5. The summed E-state index contributed by atoms with van der Waals surface area (Å²) in [5.41, 5.74) is 3.30. The largest absolute Gasteiger partial charge is 0.506 e. The van der Waals surface area contributed by atoms with Crippen LogP contribution in [0, 0.1) is 5.92 Å². The molecule has 1 aromatic heterocycles. The van der Waals surface area contributed by atoms with Crippen LogP contribution in [0.2, 0.25) is 0 Å². The van der Waals surface area contributed by atoms with Gasteiger partial charge in [-0.2, -0.15) is 0 Å². The zero-order valence-electron chi connectivity index (χ0n) is 38.0. The molecular weight excluding hydrogens is 863 g/mol. The van der Waals surface area contributed by atoms with Crippen LogP contribution in [0.5, 0.6) is 11.5 Å². The number of H-pyrrole nitrogens is 1. The smallest absolute Gasteiger partial charge is 0.347 e. The van der Waals surface area contributed by atoms with Crippen molar-refractivity contribution in [1.82, 2.24) is 25.4 Å². The Bertz CT molecular complexity index is 2830. The molecule has 2 atom stereocenters. The third kappa shape index (κ3) is 11.0. The molecule has 2 unspecified atom stereocenters. The molecule has 3 heterocycles. The van der Waals surface area contributed by atoms with E-state index in [0.717, 1.165) is 49.2 Å². The third-order valence-electron chi connectivity index (χ3n) is 13.0. The highest BCUT2D eigenvalue weighted by atomic mass is 16.5. The van der Waals surface area contributed by atoms with Gasteiger partial charge in [0.2, 0.25) is 17.1 Å². The number of aromatic amines is 1. The van der Waals surface area contributed by atoms with Crippen molar-refractivity contribution in [2.75, 3.05) is 53.0 Å². The van der Waals surface area contributed by atoms with Gasteiger partial charge in [0.15, 0.2) is 0 Å². The van der Waals surface area contributed by atoms with Crippen LogP contribution < -0.4 is 20.9 Å². The molecule has 1 saturated heterocycles. The number of phenolic OH excluding ortho intramolecular Hbond substituents is 1. The molecule has 68 heavy (non-hydrogen) atoms. The number of piperidine rings is 1. The predicted molar refractivity (Wildman–Crippen MR) is 259 cm³/mol. The van der Waals surface area contributed by atoms with Crippen molar-refractivity contribution in [2.45, 2.75) is 44.1 Å². The molecular formula is C54H57N5O9. The maximum Gasteiger partial charge on any atom is 0.347 e. The number of carbonyl (C=O) groups is 3. The summed E-state index contributed by atoms with van der Waals surface area (Å²) in [6.45, 7) is 3.90. The molecule has 0 spiro atoms. The topological polar surface area (TPSA) is 194 Å². The number of aliphatic hydroxyl groups excluding tert-OH is 1. The van der Waals surface area contributed by atoms with E-state index in [-0.39, 0.29) is 48.3 Å². The van der Waals surface area contributed by atoms with Crippen LogP contribution in [-0.2, 0) is 33.0 Å². The normalized spacial score (nSPS) is 15.8. The Morgan fingerprint density at radius 2 is 1.62 bits per heavy atom. The average Bonchev–Trinajstić information content (AvgIpc) is 3.38. The number of benzene rings is 5. The predicted octanol–water partition coefficient (Wildman–Crippen LogP) is 5.80. The number of hydrogen-bond donors (Lipinski definition) is 6. The fourth-order valence-corrected chi connectivity index (χ4v) is 9.04. The van der Waals surface area contributed by atoms with Gasteiger partial charge in [-0.3, -0.25) is 19.3 Å². The van der Waals surface area contributed by atoms with E-state index in [1.807, 2.05) is 36.4 Å². The van der Waals surface area contributed by atoms with E-state index < -0.39 is 23.6 Å². The Kier molecular flexibility index (Phi) is 15.1. The highest BCUT2D eigenvalue weighted by molar-refractivity contribution is 5.97. The number of pyridine rings is 1. The maximum atomic E-state index is 14.0. The van der Waals surface area contributed by atoms with Gasteiger partial charge in [-0.1, -0.05) is 97.1 Å². The number of fused-ring (bicyclic) bond motifs is 1. The van der Waals surface area contributed by atoms with Crippen molar-refractivity contribution in [1.29, 1.82) is 0 Å². The van der Waals surface area contributed by atoms with E-state index in [0.29, 0.717) is 59.4 Å². The highest BCUT2D eigenvalue weighted by Gasteiger charge is 2.42. The van der Waals surface area contributed by atoms with Gasteiger partial charge in [0.05, 0.1) is 31.9 Å². The Morgan fingerprint density at radius 1 is 0.868 bits per heavy atom. The van der Waals surface area contributed by atoms with Crippen molar-refractivity contribution in [3.63, 3.8) is 0 Å². The van der Waals surface area contributed by atoms with Crippen LogP contribution in [0.1, 0.15) is 69.1 Å². The molecule has 2 amide bonds. The summed E-state index contributed by atoms with van der Waals surface area (Å²) in [6, 6.07) is 37.5. The van der Waals surface area contributed by atoms with Crippen LogP contribution in [-0.4, -0.2) is 101 Å². The lowest BCUT2D eigenvalue weighted by Gasteiger charge is -2.33. The first kappa shape index (κ1) is 47.4. The fraction of sp³-hybridized carbons (Fsp3) is 0.296. The van der Waals surface area contributed by atoms with Crippen LogP contribution in [0.25, 0.3) is 16.5 Å². The van der Waals surface area contributed by atoms with E-state index in [2.05, 4.69) is 44.8 Å². The van der Waals surface area contributed by atoms with Crippen LogP contribution in [0.15, 0.2) is 138 Å². The minimum absolute atomic E-state index is 0.0919. The standard InChI is InChI=1S/C54H57N5O9/c1-67-48-30-40(15-16-41(48)31-55-32-47(61)44-17-19-46(60)51-45(44)18-20-49(62)57-51)52(64)56-33-50(63)59-27-23-38(24-28-59)39-11-8-14-43(29-39)54(66,42-12-6-3-7-13-42)53(65)68-35-37-21-25-58(26-22-37)34-36-9-4-2-5-10-36/h2-20,23,29-30,37,47,55,60-61,66H,21-22,24-28,31-35H2,1H3,(H,56,64)(H,57,62). The second kappa shape index (κ2) is 21.7. The first-order valence-electron chi connectivity index (χ1n) is 23.0. The van der Waals surface area contributed by atoms with Crippen molar-refractivity contribution < 1.29 is 39.2 Å². The number of hydrogen-bond acceptors (Lipinski definition) is 11. The van der Waals surface area contributed by atoms with Gasteiger partial charge in [0, 0.05) is 60.9 Å². The van der Waals surface area contributed by atoms with Gasteiger partial charge < -0.3 is 45.3 Å². The quantitative estimate of drug-likeness (QED) is 0.0606. The van der Waals surface area contributed by atoms with Crippen molar-refractivity contribution in [3.8, 4) is 11.5 Å². The molecule has 0 aliphatic carbocycles. The number of aromatic hydroxyl groups is 1. The van der Waals surface area contributed by atoms with Gasteiger partial charge >= 0.3 is 5.97 Å². The number of esters is 1. The molecule has 6 N–H and O–H groups in total. The Balaban J connectivity index is 0.835. The first-order valence-corrected chi connectivity index (χ1v) is 23.0. The van der Waals surface area contributed by atoms with Gasteiger partial charge in [-0.25, -0.2) is 4.79 Å². The third-order valence-corrected chi connectivity index (χ3v) is 13.0. The number of amides is 2. The van der Waals surface area contributed by atoms with Crippen LogP contribution in [0.4, 0.5) is 0 Å². The van der Waals surface area contributed by atoms with E-state index >= 15 is 0 Å². The van der Waals surface area contributed by atoms with Crippen molar-refractivity contribution in [3.05, 3.63) is 183 Å². The minimum atomic E-state index is -2.04. The molecule has 1 fully saturated rings. The number of likely N-dealkylation sites (tertiary alicyclic amines) is 1. The van der Waals surface area contributed by atoms with Crippen LogP contribution >= 0.6 is 0 Å². The summed E-state index contributed by atoms with van der Waals surface area (Å²) in [5.74, 6) is -0.858. The molecule has 14 nitrogen and oxygen atoms in total. The number of rotatable bonds is 17. The molecule has 0 radical (unpaired) electrons. The highest BCUT2D eigenvalue weighted by Crippen LogP contribution is 2.35. The van der Waals surface area contributed by atoms with E-state index in [1.165, 1.54) is 24.8 Å². The molecule has 0 saturated carbocycles. The lowest BCUT2D eigenvalue weighted by Crippen LogP contribution is -2.42. The van der Waals surface area contributed by atoms with E-state index in [1.54, 1.807) is 65.6 Å².